The van der Waals surface area contributed by atoms with Crippen molar-refractivity contribution in [3.63, 3.8) is 0 Å². The molecule has 69 heavy (non-hydrogen) atoms. The number of rotatable bonds is 57. The fraction of sp³-hybridized carbons (Fsp3) is 0.950. The molecule has 0 spiro atoms. The summed E-state index contributed by atoms with van der Waals surface area (Å²) in [7, 11) is 1.28. The summed E-state index contributed by atoms with van der Waals surface area (Å²) in [5.41, 5.74) is 0. The van der Waals surface area contributed by atoms with Crippen LogP contribution in [-0.4, -0.2) is 68.5 Å². The Bertz CT molecular complexity index is 1130. The Labute approximate surface area is 431 Å². The molecule has 8 nitrogen and oxygen atoms in total. The van der Waals surface area contributed by atoms with Gasteiger partial charge in [-0.3, -0.25) is 9.36 Å². The molecule has 0 rings (SSSR count). The molecule has 2 N–H and O–H groups in total. The molecular weight excluding hydrogens is 876 g/mol. The number of nitrogens with one attached hydrogen (secondary N) is 1. The Kier molecular flexibility index (Phi) is 51.5. The van der Waals surface area contributed by atoms with Crippen molar-refractivity contribution in [1.82, 2.24) is 5.32 Å². The highest BCUT2D eigenvalue weighted by molar-refractivity contribution is 7.45. The molecule has 0 aromatic carbocycles. The van der Waals surface area contributed by atoms with Crippen molar-refractivity contribution < 1.29 is 32.9 Å². The number of nitrogens with zero attached hydrogens (tertiary/aromatic N) is 1. The molecule has 0 bridgehead atoms. The van der Waals surface area contributed by atoms with Crippen LogP contribution in [-0.2, 0) is 18.4 Å². The third-order valence-corrected chi connectivity index (χ3v) is 15.2. The summed E-state index contributed by atoms with van der Waals surface area (Å²) in [5, 5.41) is 13.9. The van der Waals surface area contributed by atoms with Gasteiger partial charge in [0.25, 0.3) is 7.82 Å². The third-order valence-electron chi connectivity index (χ3n) is 14.2. The van der Waals surface area contributed by atoms with E-state index >= 15 is 0 Å². The molecule has 3 unspecified atom stereocenters. The molecule has 0 radical (unpaired) electrons. The van der Waals surface area contributed by atoms with Crippen LogP contribution in [0.4, 0.5) is 0 Å². The molecule has 0 aliphatic carbocycles. The number of quaternary nitrogens is 1. The Morgan fingerprint density at radius 1 is 0.493 bits per heavy atom. The zero-order chi connectivity index (χ0) is 50.6. The van der Waals surface area contributed by atoms with Gasteiger partial charge in [-0.15, -0.1) is 0 Å². The number of carbonyl (C=O) groups excluding carboxylic acids is 1. The summed E-state index contributed by atoms with van der Waals surface area (Å²) in [6.45, 7) is 4.71. The number of unbranched alkanes of at least 4 members (excludes halogenated alkanes) is 44. The zero-order valence-electron chi connectivity index (χ0n) is 47.0. The highest BCUT2D eigenvalue weighted by Crippen LogP contribution is 2.38. The monoisotopic (exact) mass is 997 g/mol. The minimum atomic E-state index is -4.59. The number of phosphoric acid groups is 1. The minimum Gasteiger partial charge on any atom is -0.756 e. The van der Waals surface area contributed by atoms with Gasteiger partial charge in [-0.2, -0.15) is 0 Å². The average Bonchev–Trinajstić information content (AvgIpc) is 3.31. The standard InChI is InChI=1S/C60H121N2O6P/c1-6-8-10-12-14-16-18-20-22-24-26-28-30-31-32-34-36-38-40-42-44-46-48-50-52-54-60(64)61-58(57-68-69(65,66)67-56-55-62(3,4)5)59(63)53-51-49-47-45-43-41-39-37-35-33-29-27-25-23-21-19-17-15-13-11-9-7-2/h51,53,58-59,63H,6-50,52,54-57H2,1-5H3,(H-,61,64,65,66)/b53-51+. The van der Waals surface area contributed by atoms with Gasteiger partial charge >= 0.3 is 0 Å². The summed E-state index contributed by atoms with van der Waals surface area (Å²) in [4.78, 5) is 25.5. The van der Waals surface area contributed by atoms with Gasteiger partial charge in [-0.1, -0.05) is 302 Å². The van der Waals surface area contributed by atoms with Gasteiger partial charge in [0.05, 0.1) is 39.9 Å². The molecule has 0 aliphatic rings. The minimum absolute atomic E-state index is 0.00280. The van der Waals surface area contributed by atoms with Crippen molar-refractivity contribution >= 4 is 13.7 Å². The smallest absolute Gasteiger partial charge is 0.268 e. The summed E-state index contributed by atoms with van der Waals surface area (Å²) in [5.74, 6) is -0.189. The van der Waals surface area contributed by atoms with Crippen LogP contribution in [0.5, 0.6) is 0 Å². The lowest BCUT2D eigenvalue weighted by Gasteiger charge is -2.29. The normalized spacial score (nSPS) is 13.9. The SMILES string of the molecule is CCCCCCCCCCCCCCCCCCCCCC/C=C/C(O)C(COP(=O)([O-])OCC[N+](C)(C)C)NC(=O)CCCCCCCCCCCCCCCCCCCCCCCCCCC. The average molecular weight is 998 g/mol. The van der Waals surface area contributed by atoms with Crippen LogP contribution in [0.2, 0.25) is 0 Å². The molecule has 9 heteroatoms. The van der Waals surface area contributed by atoms with Crippen LogP contribution in [0, 0.1) is 0 Å². The number of allylic oxidation sites excluding steroid dienone is 1. The maximum atomic E-state index is 13.0. The first-order valence-corrected chi connectivity index (χ1v) is 32.0. The lowest BCUT2D eigenvalue weighted by molar-refractivity contribution is -0.870. The molecule has 412 valence electrons. The van der Waals surface area contributed by atoms with E-state index in [0.29, 0.717) is 17.4 Å². The van der Waals surface area contributed by atoms with E-state index in [2.05, 4.69) is 19.2 Å². The topological polar surface area (TPSA) is 108 Å². The number of likely N-dealkylation sites (N-methyl/N-ethyl adjacent to an activating group) is 1. The Balaban J connectivity index is 4.13. The van der Waals surface area contributed by atoms with E-state index in [4.69, 9.17) is 9.05 Å². The quantitative estimate of drug-likeness (QED) is 0.0272. The molecular formula is C60H121N2O6P. The lowest BCUT2D eigenvalue weighted by atomic mass is 10.0. The van der Waals surface area contributed by atoms with Crippen LogP contribution < -0.4 is 10.2 Å². The van der Waals surface area contributed by atoms with E-state index < -0.39 is 20.0 Å². The van der Waals surface area contributed by atoms with Crippen molar-refractivity contribution in [2.24, 2.45) is 0 Å². The summed E-state index contributed by atoms with van der Waals surface area (Å²) >= 11 is 0. The van der Waals surface area contributed by atoms with Gasteiger partial charge in [-0.25, -0.2) is 0 Å². The van der Waals surface area contributed by atoms with E-state index in [1.807, 2.05) is 27.2 Å². The summed E-state index contributed by atoms with van der Waals surface area (Å²) in [6.07, 6.45) is 64.4. The molecule has 0 saturated heterocycles. The van der Waals surface area contributed by atoms with Crippen LogP contribution >= 0.6 is 7.82 Å². The number of phosphoric ester groups is 1. The van der Waals surface area contributed by atoms with Crippen molar-refractivity contribution in [2.75, 3.05) is 40.9 Å². The number of hydrogen-bond donors (Lipinski definition) is 2. The first-order valence-electron chi connectivity index (χ1n) is 30.6. The lowest BCUT2D eigenvalue weighted by Crippen LogP contribution is -2.45. The maximum absolute atomic E-state index is 13.0. The van der Waals surface area contributed by atoms with Gasteiger partial charge in [0.1, 0.15) is 13.2 Å². The fourth-order valence-electron chi connectivity index (χ4n) is 9.45. The number of carbonyl (C=O) groups is 1. The molecule has 0 fully saturated rings. The van der Waals surface area contributed by atoms with E-state index in [0.717, 1.165) is 38.5 Å². The molecule has 0 aliphatic heterocycles. The largest absolute Gasteiger partial charge is 0.756 e. The van der Waals surface area contributed by atoms with E-state index in [1.165, 1.54) is 257 Å². The maximum Gasteiger partial charge on any atom is 0.268 e. The van der Waals surface area contributed by atoms with E-state index in [1.54, 1.807) is 6.08 Å². The number of amides is 1. The molecule has 3 atom stereocenters. The molecule has 0 saturated carbocycles. The number of aliphatic hydroxyl groups excluding tert-OH is 1. The molecule has 0 aromatic heterocycles. The van der Waals surface area contributed by atoms with Crippen molar-refractivity contribution in [3.8, 4) is 0 Å². The molecule has 0 aromatic rings. The second-order valence-corrected chi connectivity index (χ2v) is 23.8. The number of aliphatic hydroxyl groups is 1. The van der Waals surface area contributed by atoms with Crippen molar-refractivity contribution in [2.45, 2.75) is 328 Å². The highest BCUT2D eigenvalue weighted by atomic mass is 31.2. The predicted octanol–water partition coefficient (Wildman–Crippen LogP) is 18.0. The second kappa shape index (κ2) is 52.1. The molecule has 1 amide bonds. The summed E-state index contributed by atoms with van der Waals surface area (Å²) < 4.78 is 23.4. The second-order valence-electron chi connectivity index (χ2n) is 22.4. The zero-order valence-corrected chi connectivity index (χ0v) is 47.9. The fourth-order valence-corrected chi connectivity index (χ4v) is 10.2. The highest BCUT2D eigenvalue weighted by Gasteiger charge is 2.23. The van der Waals surface area contributed by atoms with Crippen LogP contribution in [0.1, 0.15) is 316 Å². The number of hydrogen-bond acceptors (Lipinski definition) is 6. The Morgan fingerprint density at radius 3 is 1.09 bits per heavy atom. The van der Waals surface area contributed by atoms with Crippen molar-refractivity contribution in [3.05, 3.63) is 12.2 Å². The Morgan fingerprint density at radius 2 is 0.783 bits per heavy atom. The van der Waals surface area contributed by atoms with Gasteiger partial charge < -0.3 is 28.8 Å². The van der Waals surface area contributed by atoms with Gasteiger partial charge in [0.2, 0.25) is 5.91 Å². The third kappa shape index (κ3) is 54.8. The van der Waals surface area contributed by atoms with Crippen LogP contribution in [0.25, 0.3) is 0 Å². The predicted molar refractivity (Wildman–Crippen MR) is 298 cm³/mol. The molecule has 0 heterocycles. The van der Waals surface area contributed by atoms with Gasteiger partial charge in [0.15, 0.2) is 0 Å². The first kappa shape index (κ1) is 68.2. The van der Waals surface area contributed by atoms with Crippen LogP contribution in [0.3, 0.4) is 0 Å². The van der Waals surface area contributed by atoms with Gasteiger partial charge in [-0.05, 0) is 19.3 Å². The first-order chi connectivity index (χ1) is 33.5. The van der Waals surface area contributed by atoms with E-state index in [-0.39, 0.29) is 19.1 Å². The van der Waals surface area contributed by atoms with Gasteiger partial charge in [0, 0.05) is 6.42 Å². The van der Waals surface area contributed by atoms with Crippen LogP contribution in [0.15, 0.2) is 12.2 Å². The summed E-state index contributed by atoms with van der Waals surface area (Å²) in [6, 6.07) is -0.882. The Hall–Kier alpha value is -0.760. The van der Waals surface area contributed by atoms with Crippen molar-refractivity contribution in [1.29, 1.82) is 0 Å². The van der Waals surface area contributed by atoms with E-state index in [9.17, 15) is 19.4 Å².